The van der Waals surface area contributed by atoms with E-state index >= 15 is 0 Å². The molecule has 0 saturated heterocycles. The zero-order valence-corrected chi connectivity index (χ0v) is 7.75. The van der Waals surface area contributed by atoms with E-state index in [1.165, 1.54) is 6.92 Å². The van der Waals surface area contributed by atoms with Gasteiger partial charge in [0, 0.05) is 0 Å². The molecule has 0 rings (SSSR count). The zero-order chi connectivity index (χ0) is 9.78. The van der Waals surface area contributed by atoms with Crippen LogP contribution in [0.15, 0.2) is 0 Å². The van der Waals surface area contributed by atoms with Gasteiger partial charge in [-0.1, -0.05) is 0 Å². The summed E-state index contributed by atoms with van der Waals surface area (Å²) in [6, 6.07) is 0. The second kappa shape index (κ2) is 4.71. The first-order chi connectivity index (χ1) is 5.40. The molecule has 0 aromatic heterocycles. The molecule has 0 N–H and O–H groups in total. The van der Waals surface area contributed by atoms with E-state index in [2.05, 4.69) is 4.74 Å². The Balaban J connectivity index is 4.18. The number of ether oxygens (including phenoxy) is 1. The fourth-order valence-corrected chi connectivity index (χ4v) is 1.25. The molecule has 0 radical (unpaired) electrons. The maximum Gasteiger partial charge on any atom is 0.378 e. The molecule has 0 saturated carbocycles. The number of halogens is 3. The van der Waals surface area contributed by atoms with Crippen molar-refractivity contribution in [3.05, 3.63) is 0 Å². The Bertz CT molecular complexity index is 197. The summed E-state index contributed by atoms with van der Waals surface area (Å²) < 4.78 is 39.2. The van der Waals surface area contributed by atoms with E-state index in [1.54, 1.807) is 0 Å². The minimum atomic E-state index is -3.76. The predicted octanol–water partition coefficient (Wildman–Crippen LogP) is 1.09. The van der Waals surface area contributed by atoms with Gasteiger partial charge in [-0.25, -0.2) is 9.00 Å². The summed E-state index contributed by atoms with van der Waals surface area (Å²) in [4.78, 5) is 10.4. The lowest BCUT2D eigenvalue weighted by Crippen LogP contribution is -2.35. The van der Waals surface area contributed by atoms with Gasteiger partial charge in [-0.15, -0.1) is 0 Å². The van der Waals surface area contributed by atoms with Crippen molar-refractivity contribution in [1.29, 1.82) is 0 Å². The van der Waals surface area contributed by atoms with Crippen molar-refractivity contribution in [2.75, 3.05) is 12.4 Å². The third kappa shape index (κ3) is 3.96. The summed E-state index contributed by atoms with van der Waals surface area (Å²) in [5, 5.41) is 0. The highest BCUT2D eigenvalue weighted by Gasteiger charge is 2.42. The van der Waals surface area contributed by atoms with Crippen molar-refractivity contribution in [2.24, 2.45) is 0 Å². The molecule has 12 heavy (non-hydrogen) atoms. The van der Waals surface area contributed by atoms with Crippen LogP contribution in [-0.4, -0.2) is 28.5 Å². The first kappa shape index (κ1) is 11.8. The van der Waals surface area contributed by atoms with E-state index in [0.717, 1.165) is 0 Å². The monoisotopic (exact) mass is 220 g/mol. The van der Waals surface area contributed by atoms with Crippen LogP contribution in [0.2, 0.25) is 0 Å². The lowest BCUT2D eigenvalue weighted by Gasteiger charge is -2.11. The molecular formula is C5H7ClF2O3S. The molecule has 0 aromatic rings. The van der Waals surface area contributed by atoms with Crippen molar-refractivity contribution in [2.45, 2.75) is 12.8 Å². The van der Waals surface area contributed by atoms with Crippen LogP contribution in [0.25, 0.3) is 0 Å². The highest BCUT2D eigenvalue weighted by Crippen LogP contribution is 2.18. The normalized spacial score (nSPS) is 14.0. The second-order valence-electron chi connectivity index (χ2n) is 1.86. The molecule has 0 aliphatic carbocycles. The van der Waals surface area contributed by atoms with Crippen LogP contribution < -0.4 is 0 Å². The average Bonchev–Trinajstić information content (AvgIpc) is 1.85. The van der Waals surface area contributed by atoms with Gasteiger partial charge < -0.3 is 4.74 Å². The summed E-state index contributed by atoms with van der Waals surface area (Å²) in [5.41, 5.74) is 0. The van der Waals surface area contributed by atoms with Crippen LogP contribution in [0.3, 0.4) is 0 Å². The summed E-state index contributed by atoms with van der Waals surface area (Å²) in [6.07, 6.45) is 0. The summed E-state index contributed by atoms with van der Waals surface area (Å²) in [7, 11) is 2.55. The fourth-order valence-electron chi connectivity index (χ4n) is 0.438. The molecule has 0 heterocycles. The molecule has 3 nitrogen and oxygen atoms in total. The Hall–Kier alpha value is -0.230. The largest absolute Gasteiger partial charge is 0.462 e. The lowest BCUT2D eigenvalue weighted by atomic mass is 10.4. The number of rotatable bonds is 4. The average molecular weight is 221 g/mol. The van der Waals surface area contributed by atoms with Crippen LogP contribution in [0, 0.1) is 0 Å². The van der Waals surface area contributed by atoms with Gasteiger partial charge in [0.15, 0.2) is 0 Å². The van der Waals surface area contributed by atoms with Crippen LogP contribution in [0.1, 0.15) is 6.92 Å². The third-order valence-electron chi connectivity index (χ3n) is 0.869. The van der Waals surface area contributed by atoms with Gasteiger partial charge in [0.05, 0.1) is 6.61 Å². The van der Waals surface area contributed by atoms with Crippen molar-refractivity contribution in [3.63, 3.8) is 0 Å². The molecule has 7 heteroatoms. The topological polar surface area (TPSA) is 43.4 Å². The molecule has 0 spiro atoms. The first-order valence-electron chi connectivity index (χ1n) is 3.00. The molecule has 0 fully saturated rings. The summed E-state index contributed by atoms with van der Waals surface area (Å²) >= 11 is 0. The number of carbonyl (C=O) groups excluding carboxylic acids is 1. The highest BCUT2D eigenvalue weighted by molar-refractivity contribution is 8.08. The van der Waals surface area contributed by atoms with Crippen LogP contribution in [0.5, 0.6) is 0 Å². The molecule has 0 amide bonds. The first-order valence-corrected chi connectivity index (χ1v) is 5.14. The van der Waals surface area contributed by atoms with E-state index in [4.69, 9.17) is 10.7 Å². The molecular weight excluding hydrogens is 214 g/mol. The number of hydrogen-bond acceptors (Lipinski definition) is 3. The smallest absolute Gasteiger partial charge is 0.378 e. The van der Waals surface area contributed by atoms with Crippen molar-refractivity contribution in [1.82, 2.24) is 0 Å². The summed E-state index contributed by atoms with van der Waals surface area (Å²) in [5.74, 6) is -6.67. The molecule has 0 bridgehead atoms. The Morgan fingerprint density at radius 1 is 1.67 bits per heavy atom. The lowest BCUT2D eigenvalue weighted by molar-refractivity contribution is -0.167. The quantitative estimate of drug-likeness (QED) is 0.526. The molecule has 1 atom stereocenters. The van der Waals surface area contributed by atoms with Crippen molar-refractivity contribution < 1.29 is 22.5 Å². The maximum absolute atomic E-state index is 12.5. The van der Waals surface area contributed by atoms with E-state index in [0.29, 0.717) is 0 Å². The second-order valence-corrected chi connectivity index (χ2v) is 3.76. The SMILES string of the molecule is CCOC(=O)C(F)(F)CS(=O)Cl. The molecule has 72 valence electrons. The summed E-state index contributed by atoms with van der Waals surface area (Å²) in [6.45, 7) is 1.25. The van der Waals surface area contributed by atoms with Crippen molar-refractivity contribution in [3.8, 4) is 0 Å². The van der Waals surface area contributed by atoms with Crippen molar-refractivity contribution >= 4 is 26.7 Å². The van der Waals surface area contributed by atoms with E-state index in [1.807, 2.05) is 0 Å². The van der Waals surface area contributed by atoms with Gasteiger partial charge in [0.25, 0.3) is 0 Å². The van der Waals surface area contributed by atoms with Gasteiger partial charge >= 0.3 is 11.9 Å². The Labute approximate surface area is 75.0 Å². The van der Waals surface area contributed by atoms with Gasteiger partial charge in [-0.2, -0.15) is 8.78 Å². The highest BCUT2D eigenvalue weighted by atomic mass is 35.7. The minimum absolute atomic E-state index is 0.149. The molecule has 1 unspecified atom stereocenters. The third-order valence-corrected chi connectivity index (χ3v) is 1.79. The number of carbonyl (C=O) groups is 1. The van der Waals surface area contributed by atoms with E-state index in [9.17, 15) is 17.8 Å². The predicted molar refractivity (Wildman–Crippen MR) is 40.4 cm³/mol. The van der Waals surface area contributed by atoms with Gasteiger partial charge in [0.1, 0.15) is 15.8 Å². The van der Waals surface area contributed by atoms with Gasteiger partial charge in [0.2, 0.25) is 0 Å². The number of alkyl halides is 2. The van der Waals surface area contributed by atoms with Gasteiger partial charge in [-0.3, -0.25) is 0 Å². The van der Waals surface area contributed by atoms with E-state index < -0.39 is 27.7 Å². The standard InChI is InChI=1S/C5H7ClF2O3S/c1-2-11-4(9)5(7,8)3-12(6)10/h2-3H2,1H3. The maximum atomic E-state index is 12.5. The molecule has 0 aliphatic heterocycles. The minimum Gasteiger partial charge on any atom is -0.462 e. The zero-order valence-electron chi connectivity index (χ0n) is 6.18. The Kier molecular flexibility index (Phi) is 4.62. The Morgan fingerprint density at radius 3 is 2.50 bits per heavy atom. The van der Waals surface area contributed by atoms with Crippen LogP contribution in [-0.2, 0) is 19.5 Å². The Morgan fingerprint density at radius 2 is 2.17 bits per heavy atom. The van der Waals surface area contributed by atoms with E-state index in [-0.39, 0.29) is 6.61 Å². The van der Waals surface area contributed by atoms with Gasteiger partial charge in [-0.05, 0) is 17.6 Å². The number of esters is 1. The van der Waals surface area contributed by atoms with Crippen LogP contribution >= 0.6 is 10.7 Å². The fraction of sp³-hybridized carbons (Fsp3) is 0.800. The number of hydrogen-bond donors (Lipinski definition) is 0. The van der Waals surface area contributed by atoms with Crippen LogP contribution in [0.4, 0.5) is 8.78 Å². The molecule has 0 aromatic carbocycles. The molecule has 0 aliphatic rings.